The van der Waals surface area contributed by atoms with Gasteiger partial charge >= 0.3 is 0 Å². The van der Waals surface area contributed by atoms with E-state index in [9.17, 15) is 0 Å². The summed E-state index contributed by atoms with van der Waals surface area (Å²) in [5, 5.41) is 1.38. The minimum atomic E-state index is 0.0840. The molecular formula is C24H37N. The summed E-state index contributed by atoms with van der Waals surface area (Å²) in [6, 6.07) is 4.76. The maximum atomic E-state index is 5.18. The van der Waals surface area contributed by atoms with Gasteiger partial charge in [0.2, 0.25) is 0 Å². The Labute approximate surface area is 155 Å². The second-order valence-electron chi connectivity index (χ2n) is 9.31. The van der Waals surface area contributed by atoms with Crippen LogP contribution in [0.4, 0.5) is 0 Å². The van der Waals surface area contributed by atoms with Crippen molar-refractivity contribution < 1.29 is 0 Å². The maximum Gasteiger partial charge on any atom is 0.0743 e. The summed E-state index contributed by atoms with van der Waals surface area (Å²) in [6.07, 6.45) is 5.04. The molecule has 1 aliphatic rings. The molecule has 0 atom stereocenters. The van der Waals surface area contributed by atoms with Crippen LogP contribution >= 0.6 is 0 Å². The number of benzene rings is 1. The molecule has 0 saturated heterocycles. The predicted octanol–water partition coefficient (Wildman–Crippen LogP) is 7.04. The molecule has 1 aliphatic carbocycles. The Balaban J connectivity index is 0.00000109. The zero-order valence-electron chi connectivity index (χ0n) is 17.9. The van der Waals surface area contributed by atoms with Gasteiger partial charge in [-0.05, 0) is 72.4 Å². The van der Waals surface area contributed by atoms with E-state index < -0.39 is 0 Å². The topological polar surface area (TPSA) is 12.9 Å². The van der Waals surface area contributed by atoms with Crippen molar-refractivity contribution in [2.45, 2.75) is 98.8 Å². The van der Waals surface area contributed by atoms with Crippen molar-refractivity contribution in [2.24, 2.45) is 0 Å². The molecule has 0 bridgehead atoms. The molecule has 1 heteroatoms. The lowest BCUT2D eigenvalue weighted by Gasteiger charge is -2.28. The van der Waals surface area contributed by atoms with Gasteiger partial charge in [0, 0.05) is 16.5 Å². The summed E-state index contributed by atoms with van der Waals surface area (Å²) in [4.78, 5) is 5.18. The van der Waals surface area contributed by atoms with Crippen LogP contribution in [0.5, 0.6) is 0 Å². The fraction of sp³-hybridized carbons (Fsp3) is 0.625. The van der Waals surface area contributed by atoms with Crippen LogP contribution in [0.2, 0.25) is 0 Å². The Bertz CT molecular complexity index is 754. The van der Waals surface area contributed by atoms with Gasteiger partial charge in [-0.3, -0.25) is 4.98 Å². The third-order valence-corrected chi connectivity index (χ3v) is 5.23. The second kappa shape index (κ2) is 7.09. The minimum Gasteiger partial charge on any atom is -0.252 e. The normalized spacial score (nSPS) is 14.8. The zero-order chi connectivity index (χ0) is 19.0. The third-order valence-electron chi connectivity index (χ3n) is 5.23. The Morgan fingerprint density at radius 1 is 0.800 bits per heavy atom. The van der Waals surface area contributed by atoms with E-state index in [4.69, 9.17) is 4.98 Å². The van der Waals surface area contributed by atoms with E-state index in [1.54, 1.807) is 5.56 Å². The Morgan fingerprint density at radius 3 is 1.88 bits per heavy atom. The number of hydrogen-bond acceptors (Lipinski definition) is 1. The Kier molecular flexibility index (Phi) is 5.66. The number of aryl methyl sites for hydroxylation is 2. The first-order valence-corrected chi connectivity index (χ1v) is 10.1. The lowest BCUT2D eigenvalue weighted by atomic mass is 9.78. The smallest absolute Gasteiger partial charge is 0.0743 e. The molecule has 0 spiro atoms. The summed E-state index contributed by atoms with van der Waals surface area (Å²) in [5.41, 5.74) is 8.74. The van der Waals surface area contributed by atoms with Crippen molar-refractivity contribution in [2.75, 3.05) is 0 Å². The molecule has 138 valence electrons. The van der Waals surface area contributed by atoms with Crippen LogP contribution in [0.25, 0.3) is 10.9 Å². The van der Waals surface area contributed by atoms with Crippen molar-refractivity contribution in [1.29, 1.82) is 0 Å². The molecule has 0 fully saturated rings. The quantitative estimate of drug-likeness (QED) is 0.501. The highest BCUT2D eigenvalue weighted by atomic mass is 14.7. The van der Waals surface area contributed by atoms with Crippen molar-refractivity contribution in [1.82, 2.24) is 4.98 Å². The molecule has 1 aromatic carbocycles. The van der Waals surface area contributed by atoms with Crippen LogP contribution in [-0.4, -0.2) is 4.98 Å². The van der Waals surface area contributed by atoms with E-state index in [1.807, 2.05) is 13.8 Å². The van der Waals surface area contributed by atoms with E-state index in [0.717, 1.165) is 0 Å². The minimum absolute atomic E-state index is 0.0840. The van der Waals surface area contributed by atoms with Gasteiger partial charge in [0.15, 0.2) is 0 Å². The SMILES string of the molecule is CC.Cc1cc2c(C(C)(C)C)cc(C(C)(C)C)nc2c2c1CCCC2. The molecular weight excluding hydrogens is 302 g/mol. The summed E-state index contributed by atoms with van der Waals surface area (Å²) < 4.78 is 0. The molecule has 0 amide bonds. The van der Waals surface area contributed by atoms with E-state index in [-0.39, 0.29) is 10.8 Å². The van der Waals surface area contributed by atoms with Crippen molar-refractivity contribution in [3.63, 3.8) is 0 Å². The lowest BCUT2D eigenvalue weighted by molar-refractivity contribution is 0.557. The molecule has 0 N–H and O–H groups in total. The number of rotatable bonds is 0. The molecule has 2 aromatic rings. The standard InChI is InChI=1S/C22H31N.C2H6/c1-14-12-17-18(21(2,3)4)13-19(22(5,6)7)23-20(17)16-11-9-8-10-15(14)16;1-2/h12-13H,8-11H2,1-7H3;1-2H3. The molecule has 0 aliphatic heterocycles. The number of nitrogens with zero attached hydrogens (tertiary/aromatic N) is 1. The van der Waals surface area contributed by atoms with Gasteiger partial charge in [0.05, 0.1) is 5.52 Å². The largest absolute Gasteiger partial charge is 0.252 e. The van der Waals surface area contributed by atoms with Gasteiger partial charge in [0.25, 0.3) is 0 Å². The average Bonchev–Trinajstić information content (AvgIpc) is 2.54. The van der Waals surface area contributed by atoms with Crippen LogP contribution in [-0.2, 0) is 23.7 Å². The molecule has 1 aromatic heterocycles. The van der Waals surface area contributed by atoms with E-state index in [0.29, 0.717) is 0 Å². The van der Waals surface area contributed by atoms with Gasteiger partial charge in [-0.1, -0.05) is 55.4 Å². The molecule has 0 radical (unpaired) electrons. The van der Waals surface area contributed by atoms with Crippen LogP contribution in [0.3, 0.4) is 0 Å². The molecule has 1 nitrogen and oxygen atoms in total. The Morgan fingerprint density at radius 2 is 1.36 bits per heavy atom. The van der Waals surface area contributed by atoms with Crippen molar-refractivity contribution in [3.05, 3.63) is 40.1 Å². The first kappa shape index (κ1) is 19.9. The number of hydrogen-bond donors (Lipinski definition) is 0. The molecule has 0 unspecified atom stereocenters. The van der Waals surface area contributed by atoms with E-state index in [1.165, 1.54) is 59.0 Å². The highest BCUT2D eigenvalue weighted by Gasteiger charge is 2.26. The van der Waals surface area contributed by atoms with Crippen LogP contribution in [0, 0.1) is 6.92 Å². The number of fused-ring (bicyclic) bond motifs is 3. The third kappa shape index (κ3) is 3.91. The highest BCUT2D eigenvalue weighted by molar-refractivity contribution is 5.88. The number of aromatic nitrogens is 1. The first-order valence-electron chi connectivity index (χ1n) is 10.1. The van der Waals surface area contributed by atoms with Crippen molar-refractivity contribution >= 4 is 10.9 Å². The maximum absolute atomic E-state index is 5.18. The highest BCUT2D eigenvalue weighted by Crippen LogP contribution is 2.38. The summed E-state index contributed by atoms with van der Waals surface area (Å²) >= 11 is 0. The van der Waals surface area contributed by atoms with Crippen LogP contribution < -0.4 is 0 Å². The van der Waals surface area contributed by atoms with Gasteiger partial charge in [-0.15, -0.1) is 0 Å². The van der Waals surface area contributed by atoms with Crippen LogP contribution in [0.1, 0.15) is 96.2 Å². The molecule has 3 rings (SSSR count). The predicted molar refractivity (Wildman–Crippen MR) is 112 cm³/mol. The summed E-state index contributed by atoms with van der Waals surface area (Å²) in [7, 11) is 0. The van der Waals surface area contributed by atoms with E-state index >= 15 is 0 Å². The van der Waals surface area contributed by atoms with Crippen molar-refractivity contribution in [3.8, 4) is 0 Å². The first-order chi connectivity index (χ1) is 11.6. The summed E-state index contributed by atoms with van der Waals surface area (Å²) in [5.74, 6) is 0. The lowest BCUT2D eigenvalue weighted by Crippen LogP contribution is -2.20. The van der Waals surface area contributed by atoms with Gasteiger partial charge < -0.3 is 0 Å². The number of pyridine rings is 1. The second-order valence-corrected chi connectivity index (χ2v) is 9.31. The fourth-order valence-corrected chi connectivity index (χ4v) is 3.84. The molecule has 25 heavy (non-hydrogen) atoms. The molecule has 0 saturated carbocycles. The van der Waals surface area contributed by atoms with E-state index in [2.05, 4.69) is 60.6 Å². The van der Waals surface area contributed by atoms with Crippen LogP contribution in [0.15, 0.2) is 12.1 Å². The molecule has 1 heterocycles. The summed E-state index contributed by atoms with van der Waals surface area (Å²) in [6.45, 7) is 20.1. The van der Waals surface area contributed by atoms with Gasteiger partial charge in [-0.25, -0.2) is 0 Å². The average molecular weight is 340 g/mol. The Hall–Kier alpha value is -1.37. The monoisotopic (exact) mass is 339 g/mol. The zero-order valence-corrected chi connectivity index (χ0v) is 17.9. The van der Waals surface area contributed by atoms with Gasteiger partial charge in [-0.2, -0.15) is 0 Å². The van der Waals surface area contributed by atoms with Gasteiger partial charge in [0.1, 0.15) is 0 Å². The fourth-order valence-electron chi connectivity index (χ4n) is 3.84.